The maximum atomic E-state index is 12.8. The molecule has 1 aliphatic heterocycles. The van der Waals surface area contributed by atoms with E-state index in [9.17, 15) is 4.79 Å². The highest BCUT2D eigenvalue weighted by Crippen LogP contribution is 2.40. The van der Waals surface area contributed by atoms with E-state index in [1.54, 1.807) is 11.3 Å². The lowest BCUT2D eigenvalue weighted by atomic mass is 9.80. The third-order valence-corrected chi connectivity index (χ3v) is 6.50. The number of ether oxygens (including phenoxy) is 2. The number of aryl methyl sites for hydroxylation is 1. The minimum absolute atomic E-state index is 0.0418. The third kappa shape index (κ3) is 4.93. The Kier molecular flexibility index (Phi) is 6.47. The molecule has 4 rings (SSSR count). The number of rotatable bonds is 5. The summed E-state index contributed by atoms with van der Waals surface area (Å²) < 4.78 is 12.3. The second-order valence-electron chi connectivity index (χ2n) is 9.34. The normalized spacial score (nSPS) is 20.3. The number of carbonyl (C=O) groups excluding carboxylic acids is 1. The summed E-state index contributed by atoms with van der Waals surface area (Å²) in [6.07, 6.45) is -0.340. The Morgan fingerprint density at radius 2 is 1.94 bits per heavy atom. The Morgan fingerprint density at radius 3 is 2.59 bits per heavy atom. The van der Waals surface area contributed by atoms with E-state index in [1.165, 1.54) is 0 Å². The van der Waals surface area contributed by atoms with Crippen molar-refractivity contribution >= 4 is 22.9 Å². The lowest BCUT2D eigenvalue weighted by molar-refractivity contribution is -0.274. The number of benzene rings is 2. The molecule has 32 heavy (non-hydrogen) atoms. The van der Waals surface area contributed by atoms with Gasteiger partial charge in [0.25, 0.3) is 5.91 Å². The van der Waals surface area contributed by atoms with Crippen LogP contribution in [0.15, 0.2) is 53.9 Å². The molecule has 0 bridgehead atoms. The smallest absolute Gasteiger partial charge is 0.255 e. The Hall–Kier alpha value is -2.54. The summed E-state index contributed by atoms with van der Waals surface area (Å²) in [5.74, 6) is 0.227. The molecule has 3 aromatic rings. The first kappa shape index (κ1) is 22.6. The number of carbonyl (C=O) groups is 1. The number of nitrogens with zero attached hydrogens (tertiary/aromatic N) is 1. The minimum atomic E-state index is -0.437. The van der Waals surface area contributed by atoms with Gasteiger partial charge in [0.2, 0.25) is 0 Å². The highest BCUT2D eigenvalue weighted by atomic mass is 32.1. The highest BCUT2D eigenvalue weighted by Gasteiger charge is 2.40. The molecule has 5 nitrogen and oxygen atoms in total. The number of thiazole rings is 1. The van der Waals surface area contributed by atoms with Crippen molar-refractivity contribution in [1.82, 2.24) is 4.98 Å². The van der Waals surface area contributed by atoms with Crippen LogP contribution in [0, 0.1) is 18.3 Å². The molecule has 1 saturated heterocycles. The molecular formula is C26H30N2O3S. The summed E-state index contributed by atoms with van der Waals surface area (Å²) >= 11 is 1.62. The van der Waals surface area contributed by atoms with Crippen LogP contribution in [0.3, 0.4) is 0 Å². The second-order valence-corrected chi connectivity index (χ2v) is 10.4. The molecule has 0 radical (unpaired) electrons. The molecular weight excluding hydrogens is 420 g/mol. The number of aromatic nitrogens is 1. The number of hydrogen-bond acceptors (Lipinski definition) is 5. The summed E-state index contributed by atoms with van der Waals surface area (Å²) in [6, 6.07) is 15.2. The topological polar surface area (TPSA) is 60.5 Å². The zero-order valence-corrected chi connectivity index (χ0v) is 20.0. The van der Waals surface area contributed by atoms with E-state index in [-0.39, 0.29) is 17.4 Å². The molecule has 1 amide bonds. The summed E-state index contributed by atoms with van der Waals surface area (Å²) in [6.45, 7) is 11.3. The summed E-state index contributed by atoms with van der Waals surface area (Å²) in [5, 5.41) is 6.04. The molecule has 2 heterocycles. The first-order valence-corrected chi connectivity index (χ1v) is 11.8. The zero-order valence-electron chi connectivity index (χ0n) is 19.2. The summed E-state index contributed by atoms with van der Waals surface area (Å²) in [7, 11) is 0. The van der Waals surface area contributed by atoms with Crippen molar-refractivity contribution in [2.75, 3.05) is 11.9 Å². The Bertz CT molecular complexity index is 1090. The average Bonchev–Trinajstić information content (AvgIpc) is 3.20. The first-order chi connectivity index (χ1) is 15.2. The number of amides is 1. The summed E-state index contributed by atoms with van der Waals surface area (Å²) in [4.78, 5) is 17.3. The lowest BCUT2D eigenvalue weighted by Crippen LogP contribution is -2.45. The Morgan fingerprint density at radius 1 is 1.19 bits per heavy atom. The first-order valence-electron chi connectivity index (χ1n) is 10.9. The molecule has 6 heteroatoms. The molecule has 1 N–H and O–H groups in total. The van der Waals surface area contributed by atoms with Crippen LogP contribution in [0.1, 0.15) is 54.9 Å². The molecule has 1 aromatic heterocycles. The van der Waals surface area contributed by atoms with Gasteiger partial charge in [-0.3, -0.25) is 4.79 Å². The van der Waals surface area contributed by atoms with E-state index >= 15 is 0 Å². The van der Waals surface area contributed by atoms with Gasteiger partial charge in [0.1, 0.15) is 0 Å². The second kappa shape index (κ2) is 9.14. The molecule has 0 unspecified atom stereocenters. The van der Waals surface area contributed by atoms with Crippen LogP contribution >= 0.6 is 11.3 Å². The largest absolute Gasteiger partial charge is 0.348 e. The van der Waals surface area contributed by atoms with E-state index < -0.39 is 6.29 Å². The molecule has 2 aromatic carbocycles. The van der Waals surface area contributed by atoms with Gasteiger partial charge in [-0.25, -0.2) is 4.98 Å². The molecule has 1 fully saturated rings. The number of anilines is 1. The van der Waals surface area contributed by atoms with Crippen LogP contribution in [0.4, 0.5) is 5.69 Å². The van der Waals surface area contributed by atoms with Gasteiger partial charge in [-0.1, -0.05) is 52.0 Å². The van der Waals surface area contributed by atoms with Crippen molar-refractivity contribution in [1.29, 1.82) is 0 Å². The van der Waals surface area contributed by atoms with Gasteiger partial charge in [-0.15, -0.1) is 11.3 Å². The van der Waals surface area contributed by atoms with E-state index in [0.717, 1.165) is 21.8 Å². The number of nitrogens with one attached hydrogen (secondary N) is 1. The summed E-state index contributed by atoms with van der Waals surface area (Å²) in [5.41, 5.74) is 4.10. The van der Waals surface area contributed by atoms with Gasteiger partial charge >= 0.3 is 0 Å². The molecule has 2 atom stereocenters. The molecule has 0 aliphatic carbocycles. The van der Waals surface area contributed by atoms with Crippen LogP contribution < -0.4 is 5.32 Å². The van der Waals surface area contributed by atoms with E-state index in [1.807, 2.05) is 60.8 Å². The van der Waals surface area contributed by atoms with Gasteiger partial charge in [-0.2, -0.15) is 0 Å². The van der Waals surface area contributed by atoms with Crippen LogP contribution in [-0.4, -0.2) is 23.6 Å². The molecule has 168 valence electrons. The van der Waals surface area contributed by atoms with Crippen molar-refractivity contribution < 1.29 is 14.3 Å². The fourth-order valence-electron chi connectivity index (χ4n) is 4.22. The minimum Gasteiger partial charge on any atom is -0.348 e. The Balaban J connectivity index is 1.45. The predicted octanol–water partition coefficient (Wildman–Crippen LogP) is 6.47. The average molecular weight is 451 g/mol. The van der Waals surface area contributed by atoms with Gasteiger partial charge in [-0.05, 0) is 37.1 Å². The van der Waals surface area contributed by atoms with Gasteiger partial charge < -0.3 is 14.8 Å². The van der Waals surface area contributed by atoms with Crippen molar-refractivity contribution in [2.45, 2.75) is 47.0 Å². The number of hydrogen-bond donors (Lipinski definition) is 1. The van der Waals surface area contributed by atoms with E-state index in [2.05, 4.69) is 38.0 Å². The van der Waals surface area contributed by atoms with Crippen molar-refractivity contribution in [3.63, 3.8) is 0 Å². The highest BCUT2D eigenvalue weighted by molar-refractivity contribution is 7.09. The SMILES string of the molecule is Cc1nc(-c2ccc(C(=O)Nc3cccc([C@H]4OCC(C)(C)[C@H](C(C)C)O4)c3)cc2)cs1. The van der Waals surface area contributed by atoms with Gasteiger partial charge in [0.05, 0.1) is 23.4 Å². The van der Waals surface area contributed by atoms with Crippen LogP contribution in [0.5, 0.6) is 0 Å². The molecule has 0 spiro atoms. The fraction of sp³-hybridized carbons (Fsp3) is 0.385. The van der Waals surface area contributed by atoms with Crippen molar-refractivity contribution in [2.24, 2.45) is 11.3 Å². The van der Waals surface area contributed by atoms with Crippen molar-refractivity contribution in [3.8, 4) is 11.3 Å². The van der Waals surface area contributed by atoms with Crippen molar-refractivity contribution in [3.05, 3.63) is 70.0 Å². The van der Waals surface area contributed by atoms with Gasteiger partial charge in [0, 0.05) is 33.2 Å². The van der Waals surface area contributed by atoms with E-state index in [0.29, 0.717) is 23.8 Å². The maximum absolute atomic E-state index is 12.8. The third-order valence-electron chi connectivity index (χ3n) is 5.73. The van der Waals surface area contributed by atoms with Crippen LogP contribution in [-0.2, 0) is 9.47 Å². The molecule has 1 aliphatic rings. The zero-order chi connectivity index (χ0) is 22.9. The van der Waals surface area contributed by atoms with Gasteiger partial charge in [0.15, 0.2) is 6.29 Å². The Labute approximate surface area is 193 Å². The van der Waals surface area contributed by atoms with E-state index in [4.69, 9.17) is 9.47 Å². The lowest BCUT2D eigenvalue weighted by Gasteiger charge is -2.44. The quantitative estimate of drug-likeness (QED) is 0.484. The standard InChI is InChI=1S/C26H30N2O3S/c1-16(2)23-26(4,5)15-30-25(31-23)20-7-6-8-21(13-20)28-24(29)19-11-9-18(10-12-19)22-14-32-17(3)27-22/h6-14,16,23,25H,15H2,1-5H3,(H,28,29)/t23-,25-/m0/s1. The molecule has 0 saturated carbocycles. The monoisotopic (exact) mass is 450 g/mol. The van der Waals surface area contributed by atoms with Crippen LogP contribution in [0.2, 0.25) is 0 Å². The maximum Gasteiger partial charge on any atom is 0.255 e. The fourth-order valence-corrected chi connectivity index (χ4v) is 4.84. The predicted molar refractivity (Wildman–Crippen MR) is 129 cm³/mol. The van der Waals surface area contributed by atoms with Crippen LogP contribution in [0.25, 0.3) is 11.3 Å².